The van der Waals surface area contributed by atoms with Crippen molar-refractivity contribution in [1.82, 2.24) is 9.80 Å². The molecule has 3 rings (SSSR count). The van der Waals surface area contributed by atoms with Crippen LogP contribution in [0.5, 0.6) is 0 Å². The Balaban J connectivity index is 1.72. The van der Waals surface area contributed by atoms with Crippen molar-refractivity contribution < 1.29 is 9.90 Å². The summed E-state index contributed by atoms with van der Waals surface area (Å²) in [6.07, 6.45) is 2.60. The van der Waals surface area contributed by atoms with Gasteiger partial charge in [-0.1, -0.05) is 0 Å². The largest absolute Gasteiger partial charge is 0.477 e. The Morgan fingerprint density at radius 1 is 1.53 bits per heavy atom. The van der Waals surface area contributed by atoms with Gasteiger partial charge in [0.05, 0.1) is 0 Å². The van der Waals surface area contributed by atoms with Gasteiger partial charge in [-0.25, -0.2) is 4.79 Å². The average Bonchev–Trinajstić information content (AvgIpc) is 2.98. The van der Waals surface area contributed by atoms with Crippen molar-refractivity contribution in [2.45, 2.75) is 38.4 Å². The van der Waals surface area contributed by atoms with Crippen LogP contribution in [0.2, 0.25) is 0 Å². The zero-order valence-electron chi connectivity index (χ0n) is 11.2. The van der Waals surface area contributed by atoms with Crippen LogP contribution in [-0.2, 0) is 6.54 Å². The van der Waals surface area contributed by atoms with E-state index in [2.05, 4.69) is 16.7 Å². The van der Waals surface area contributed by atoms with Crippen molar-refractivity contribution in [3.63, 3.8) is 0 Å². The highest BCUT2D eigenvalue weighted by molar-refractivity contribution is 7.12. The molecule has 5 heteroatoms. The summed E-state index contributed by atoms with van der Waals surface area (Å²) in [6.45, 7) is 6.47. The molecule has 0 radical (unpaired) electrons. The number of carboxylic acid groups (broad SMARTS) is 1. The molecule has 3 heterocycles. The van der Waals surface area contributed by atoms with Gasteiger partial charge in [0.25, 0.3) is 0 Å². The summed E-state index contributed by atoms with van der Waals surface area (Å²) in [4.78, 5) is 16.7. The third-order valence-corrected chi connectivity index (χ3v) is 5.33. The van der Waals surface area contributed by atoms with Gasteiger partial charge in [-0.2, -0.15) is 0 Å². The van der Waals surface area contributed by atoms with Crippen LogP contribution in [0.3, 0.4) is 0 Å². The zero-order chi connectivity index (χ0) is 13.4. The van der Waals surface area contributed by atoms with Crippen LogP contribution < -0.4 is 0 Å². The van der Waals surface area contributed by atoms with Gasteiger partial charge in [0.15, 0.2) is 0 Å². The lowest BCUT2D eigenvalue weighted by Crippen LogP contribution is -2.54. The number of aromatic carboxylic acids is 1. The Bertz CT molecular complexity index is 474. The van der Waals surface area contributed by atoms with Crippen LogP contribution in [0, 0.1) is 0 Å². The molecule has 0 spiro atoms. The molecule has 2 saturated heterocycles. The number of thiophene rings is 1. The van der Waals surface area contributed by atoms with Crippen molar-refractivity contribution in [2.24, 2.45) is 0 Å². The van der Waals surface area contributed by atoms with E-state index in [4.69, 9.17) is 0 Å². The molecule has 2 aliphatic heterocycles. The lowest BCUT2D eigenvalue weighted by atomic mass is 10.1. The van der Waals surface area contributed by atoms with Gasteiger partial charge in [-0.3, -0.25) is 9.80 Å². The number of fused-ring (bicyclic) bond motifs is 1. The van der Waals surface area contributed by atoms with E-state index in [0.29, 0.717) is 17.0 Å². The Morgan fingerprint density at radius 2 is 2.37 bits per heavy atom. The first-order valence-corrected chi connectivity index (χ1v) is 7.81. The lowest BCUT2D eigenvalue weighted by molar-refractivity contribution is 0.0532. The fraction of sp³-hybridized carbons (Fsp3) is 0.643. The minimum absolute atomic E-state index is 0.501. The number of hydrogen-bond donors (Lipinski definition) is 1. The van der Waals surface area contributed by atoms with Gasteiger partial charge in [0.1, 0.15) is 4.88 Å². The molecule has 2 unspecified atom stereocenters. The number of carbonyl (C=O) groups is 1. The molecule has 0 saturated carbocycles. The highest BCUT2D eigenvalue weighted by atomic mass is 32.1. The standard InChI is InChI=1S/C14H20N2O2S/c1-10-7-15-5-2-3-12(15)9-16(10)8-11-4-6-19-13(11)14(17)18/h4,6,10,12H,2-3,5,7-9H2,1H3,(H,17,18). The van der Waals surface area contributed by atoms with Crippen LogP contribution in [0.4, 0.5) is 0 Å². The normalized spacial score (nSPS) is 28.5. The molecule has 104 valence electrons. The Labute approximate surface area is 117 Å². The molecule has 0 aromatic carbocycles. The smallest absolute Gasteiger partial charge is 0.346 e. The van der Waals surface area contributed by atoms with Crippen molar-refractivity contribution >= 4 is 17.3 Å². The second-order valence-corrected chi connectivity index (χ2v) is 6.57. The van der Waals surface area contributed by atoms with Crippen molar-refractivity contribution in [3.8, 4) is 0 Å². The maximum absolute atomic E-state index is 11.2. The van der Waals surface area contributed by atoms with Crippen LogP contribution in [0.1, 0.15) is 35.0 Å². The van der Waals surface area contributed by atoms with Gasteiger partial charge in [-0.15, -0.1) is 11.3 Å². The van der Waals surface area contributed by atoms with Crippen LogP contribution >= 0.6 is 11.3 Å². The monoisotopic (exact) mass is 280 g/mol. The van der Waals surface area contributed by atoms with Gasteiger partial charge in [-0.05, 0) is 43.3 Å². The van der Waals surface area contributed by atoms with Crippen molar-refractivity contribution in [3.05, 3.63) is 21.9 Å². The minimum Gasteiger partial charge on any atom is -0.477 e. The molecule has 2 atom stereocenters. The van der Waals surface area contributed by atoms with Crippen LogP contribution in [0.25, 0.3) is 0 Å². The van der Waals surface area contributed by atoms with E-state index in [1.807, 2.05) is 11.4 Å². The highest BCUT2D eigenvalue weighted by Gasteiger charge is 2.34. The third kappa shape index (κ3) is 2.55. The van der Waals surface area contributed by atoms with E-state index >= 15 is 0 Å². The SMILES string of the molecule is CC1CN2CCCC2CN1Cc1ccsc1C(=O)O. The van der Waals surface area contributed by atoms with E-state index in [0.717, 1.165) is 25.2 Å². The summed E-state index contributed by atoms with van der Waals surface area (Å²) >= 11 is 1.33. The minimum atomic E-state index is -0.794. The Hall–Kier alpha value is -0.910. The number of carboxylic acids is 1. The maximum atomic E-state index is 11.2. The summed E-state index contributed by atoms with van der Waals surface area (Å²) in [5.74, 6) is -0.794. The molecule has 0 amide bonds. The molecule has 0 bridgehead atoms. The number of hydrogen-bond acceptors (Lipinski definition) is 4. The van der Waals surface area contributed by atoms with Crippen LogP contribution in [-0.4, -0.2) is 52.6 Å². The second kappa shape index (κ2) is 5.23. The first-order chi connectivity index (χ1) is 9.15. The number of piperazine rings is 1. The van der Waals surface area contributed by atoms with Crippen molar-refractivity contribution in [1.29, 1.82) is 0 Å². The topological polar surface area (TPSA) is 43.8 Å². The lowest BCUT2D eigenvalue weighted by Gasteiger charge is -2.42. The summed E-state index contributed by atoms with van der Waals surface area (Å²) in [6, 6.07) is 3.15. The number of rotatable bonds is 3. The predicted molar refractivity (Wildman–Crippen MR) is 75.7 cm³/mol. The fourth-order valence-corrected chi connectivity index (χ4v) is 4.09. The molecule has 1 aromatic rings. The molecule has 4 nitrogen and oxygen atoms in total. The summed E-state index contributed by atoms with van der Waals surface area (Å²) < 4.78 is 0. The fourth-order valence-electron chi connectivity index (χ4n) is 3.33. The van der Waals surface area contributed by atoms with Gasteiger partial charge in [0, 0.05) is 31.7 Å². The van der Waals surface area contributed by atoms with Crippen LogP contribution in [0.15, 0.2) is 11.4 Å². The van der Waals surface area contributed by atoms with Crippen molar-refractivity contribution in [2.75, 3.05) is 19.6 Å². The van der Waals surface area contributed by atoms with E-state index < -0.39 is 5.97 Å². The molecule has 1 N–H and O–H groups in total. The zero-order valence-corrected chi connectivity index (χ0v) is 12.0. The quantitative estimate of drug-likeness (QED) is 0.921. The predicted octanol–water partition coefficient (Wildman–Crippen LogP) is 2.11. The number of nitrogens with zero attached hydrogens (tertiary/aromatic N) is 2. The molecule has 2 fully saturated rings. The molecular weight excluding hydrogens is 260 g/mol. The molecule has 1 aromatic heterocycles. The Kier molecular flexibility index (Phi) is 3.60. The summed E-state index contributed by atoms with van der Waals surface area (Å²) in [5.41, 5.74) is 0.968. The average molecular weight is 280 g/mol. The summed E-state index contributed by atoms with van der Waals surface area (Å²) in [5, 5.41) is 11.1. The molecule has 2 aliphatic rings. The highest BCUT2D eigenvalue weighted by Crippen LogP contribution is 2.27. The molecular formula is C14H20N2O2S. The molecule has 0 aliphatic carbocycles. The van der Waals surface area contributed by atoms with E-state index in [9.17, 15) is 9.90 Å². The second-order valence-electron chi connectivity index (χ2n) is 5.65. The van der Waals surface area contributed by atoms with Gasteiger partial charge in [0.2, 0.25) is 0 Å². The van der Waals surface area contributed by atoms with E-state index in [1.54, 1.807) is 0 Å². The van der Waals surface area contributed by atoms with E-state index in [-0.39, 0.29) is 0 Å². The summed E-state index contributed by atoms with van der Waals surface area (Å²) in [7, 11) is 0. The van der Waals surface area contributed by atoms with E-state index in [1.165, 1.54) is 30.7 Å². The first-order valence-electron chi connectivity index (χ1n) is 6.93. The first kappa shape index (κ1) is 13.1. The van der Waals surface area contributed by atoms with Gasteiger partial charge >= 0.3 is 5.97 Å². The third-order valence-electron chi connectivity index (χ3n) is 4.38. The molecule has 19 heavy (non-hydrogen) atoms. The van der Waals surface area contributed by atoms with Gasteiger partial charge < -0.3 is 5.11 Å². The Morgan fingerprint density at radius 3 is 3.16 bits per heavy atom. The maximum Gasteiger partial charge on any atom is 0.346 e.